The van der Waals surface area contributed by atoms with Crippen molar-refractivity contribution >= 4 is 11.6 Å². The Balaban J connectivity index is 1.83. The molecule has 4 heteroatoms. The summed E-state index contributed by atoms with van der Waals surface area (Å²) in [6, 6.07) is 13.3. The van der Waals surface area contributed by atoms with Gasteiger partial charge in [-0.15, -0.1) is 0 Å². The Morgan fingerprint density at radius 1 is 1.05 bits per heavy atom. The van der Waals surface area contributed by atoms with Crippen LogP contribution >= 0.6 is 11.6 Å². The maximum Gasteiger partial charge on any atom is 0.123 e. The quantitative estimate of drug-likeness (QED) is 0.828. The Morgan fingerprint density at radius 2 is 1.80 bits per heavy atom. The van der Waals surface area contributed by atoms with Gasteiger partial charge in [-0.1, -0.05) is 29.8 Å². The minimum absolute atomic E-state index is 0.466. The van der Waals surface area contributed by atoms with E-state index in [1.54, 1.807) is 0 Å². The van der Waals surface area contributed by atoms with Gasteiger partial charge in [-0.05, 0) is 36.8 Å². The normalized spacial score (nSPS) is 10.3. The van der Waals surface area contributed by atoms with E-state index in [2.05, 4.69) is 0 Å². The highest BCUT2D eigenvalue weighted by Crippen LogP contribution is 2.21. The molecule has 2 aromatic carbocycles. The third-order valence-electron chi connectivity index (χ3n) is 2.93. The van der Waals surface area contributed by atoms with Gasteiger partial charge in [0.05, 0.1) is 0 Å². The zero-order valence-electron chi connectivity index (χ0n) is 11.4. The monoisotopic (exact) mass is 291 g/mol. The van der Waals surface area contributed by atoms with Crippen molar-refractivity contribution in [3.63, 3.8) is 0 Å². The number of nitrogens with two attached hydrogens (primary N) is 1. The number of hydrogen-bond acceptors (Lipinski definition) is 3. The molecule has 0 amide bonds. The van der Waals surface area contributed by atoms with Crippen LogP contribution in [0.15, 0.2) is 42.5 Å². The van der Waals surface area contributed by atoms with Gasteiger partial charge < -0.3 is 15.2 Å². The lowest BCUT2D eigenvalue weighted by molar-refractivity contribution is 0.216. The standard InChI is InChI=1S/C16H18ClNO2/c1-12-10-14(6-7-15(12)17)19-8-9-20-16-5-3-2-4-13(16)11-18/h2-7,10H,8-9,11,18H2,1H3. The van der Waals surface area contributed by atoms with E-state index in [0.717, 1.165) is 27.6 Å². The Labute approximate surface area is 124 Å². The number of benzene rings is 2. The van der Waals surface area contributed by atoms with Gasteiger partial charge in [0.2, 0.25) is 0 Å². The van der Waals surface area contributed by atoms with Gasteiger partial charge in [-0.25, -0.2) is 0 Å². The van der Waals surface area contributed by atoms with Gasteiger partial charge in [-0.3, -0.25) is 0 Å². The molecular weight excluding hydrogens is 274 g/mol. The molecule has 0 saturated carbocycles. The van der Waals surface area contributed by atoms with Crippen LogP contribution < -0.4 is 15.2 Å². The molecular formula is C16H18ClNO2. The van der Waals surface area contributed by atoms with Crippen molar-refractivity contribution in [2.45, 2.75) is 13.5 Å². The summed E-state index contributed by atoms with van der Waals surface area (Å²) in [6.45, 7) is 3.36. The predicted octanol–water partition coefficient (Wildman–Crippen LogP) is 3.56. The molecule has 0 aliphatic rings. The molecule has 2 aromatic rings. The van der Waals surface area contributed by atoms with Gasteiger partial charge in [0.1, 0.15) is 24.7 Å². The van der Waals surface area contributed by atoms with E-state index >= 15 is 0 Å². The molecule has 0 bridgehead atoms. The molecule has 0 aliphatic carbocycles. The Hall–Kier alpha value is -1.71. The maximum atomic E-state index is 5.96. The minimum Gasteiger partial charge on any atom is -0.490 e. The lowest BCUT2D eigenvalue weighted by Gasteiger charge is -2.11. The van der Waals surface area contributed by atoms with Crippen molar-refractivity contribution in [1.82, 2.24) is 0 Å². The van der Waals surface area contributed by atoms with Crippen molar-refractivity contribution in [1.29, 1.82) is 0 Å². The average molecular weight is 292 g/mol. The van der Waals surface area contributed by atoms with E-state index in [1.165, 1.54) is 0 Å². The molecule has 106 valence electrons. The van der Waals surface area contributed by atoms with Crippen LogP contribution in [-0.2, 0) is 6.54 Å². The topological polar surface area (TPSA) is 44.5 Å². The van der Waals surface area contributed by atoms with Crippen LogP contribution in [-0.4, -0.2) is 13.2 Å². The zero-order valence-corrected chi connectivity index (χ0v) is 12.2. The molecule has 0 atom stereocenters. The summed E-state index contributed by atoms with van der Waals surface area (Å²) in [5.41, 5.74) is 7.65. The highest BCUT2D eigenvalue weighted by atomic mass is 35.5. The van der Waals surface area contributed by atoms with Crippen LogP contribution in [0, 0.1) is 6.92 Å². The summed E-state index contributed by atoms with van der Waals surface area (Å²) < 4.78 is 11.3. The van der Waals surface area contributed by atoms with Gasteiger partial charge in [0, 0.05) is 17.1 Å². The molecule has 3 nitrogen and oxygen atoms in total. The van der Waals surface area contributed by atoms with E-state index in [0.29, 0.717) is 19.8 Å². The van der Waals surface area contributed by atoms with Crippen LogP contribution in [0.2, 0.25) is 5.02 Å². The van der Waals surface area contributed by atoms with Crippen LogP contribution in [0.25, 0.3) is 0 Å². The summed E-state index contributed by atoms with van der Waals surface area (Å²) >= 11 is 5.96. The molecule has 0 spiro atoms. The molecule has 0 aliphatic heterocycles. The number of halogens is 1. The van der Waals surface area contributed by atoms with E-state index in [-0.39, 0.29) is 0 Å². The van der Waals surface area contributed by atoms with E-state index in [4.69, 9.17) is 26.8 Å². The number of para-hydroxylation sites is 1. The second-order valence-electron chi connectivity index (χ2n) is 4.42. The molecule has 0 unspecified atom stereocenters. The second-order valence-corrected chi connectivity index (χ2v) is 4.83. The first-order valence-corrected chi connectivity index (χ1v) is 6.88. The van der Waals surface area contributed by atoms with E-state index in [1.807, 2.05) is 49.4 Å². The first-order chi connectivity index (χ1) is 9.70. The fourth-order valence-electron chi connectivity index (χ4n) is 1.83. The van der Waals surface area contributed by atoms with Crippen LogP contribution in [0.3, 0.4) is 0 Å². The SMILES string of the molecule is Cc1cc(OCCOc2ccccc2CN)ccc1Cl. The summed E-state index contributed by atoms with van der Waals surface area (Å²) in [5, 5.41) is 0.741. The first kappa shape index (κ1) is 14.7. The fourth-order valence-corrected chi connectivity index (χ4v) is 1.95. The summed E-state index contributed by atoms with van der Waals surface area (Å²) in [7, 11) is 0. The second kappa shape index (κ2) is 7.17. The smallest absolute Gasteiger partial charge is 0.123 e. The Morgan fingerprint density at radius 3 is 2.55 bits per heavy atom. The van der Waals surface area contributed by atoms with Crippen molar-refractivity contribution < 1.29 is 9.47 Å². The fraction of sp³-hybridized carbons (Fsp3) is 0.250. The molecule has 0 fully saturated rings. The molecule has 0 radical (unpaired) electrons. The van der Waals surface area contributed by atoms with Crippen molar-refractivity contribution in [3.05, 3.63) is 58.6 Å². The highest BCUT2D eigenvalue weighted by Gasteiger charge is 2.02. The molecule has 0 heterocycles. The summed E-state index contributed by atoms with van der Waals surface area (Å²) in [5.74, 6) is 1.61. The van der Waals surface area contributed by atoms with Crippen LogP contribution in [0.4, 0.5) is 0 Å². The van der Waals surface area contributed by atoms with Gasteiger partial charge in [0.15, 0.2) is 0 Å². The molecule has 2 rings (SSSR count). The molecule has 0 aromatic heterocycles. The Kier molecular flexibility index (Phi) is 5.27. The largest absolute Gasteiger partial charge is 0.490 e. The third kappa shape index (κ3) is 3.89. The van der Waals surface area contributed by atoms with Crippen molar-refractivity contribution in [2.75, 3.05) is 13.2 Å². The number of aryl methyl sites for hydroxylation is 1. The average Bonchev–Trinajstić information content (AvgIpc) is 2.47. The van der Waals surface area contributed by atoms with E-state index < -0.39 is 0 Å². The summed E-state index contributed by atoms with van der Waals surface area (Å²) in [6.07, 6.45) is 0. The third-order valence-corrected chi connectivity index (χ3v) is 3.36. The zero-order chi connectivity index (χ0) is 14.4. The van der Waals surface area contributed by atoms with Gasteiger partial charge in [-0.2, -0.15) is 0 Å². The Bertz CT molecular complexity index is 572. The van der Waals surface area contributed by atoms with Crippen LogP contribution in [0.5, 0.6) is 11.5 Å². The molecule has 2 N–H and O–H groups in total. The van der Waals surface area contributed by atoms with Crippen LogP contribution in [0.1, 0.15) is 11.1 Å². The van der Waals surface area contributed by atoms with E-state index in [9.17, 15) is 0 Å². The van der Waals surface area contributed by atoms with Gasteiger partial charge >= 0.3 is 0 Å². The minimum atomic E-state index is 0.466. The predicted molar refractivity (Wildman–Crippen MR) is 81.5 cm³/mol. The lowest BCUT2D eigenvalue weighted by atomic mass is 10.2. The van der Waals surface area contributed by atoms with Gasteiger partial charge in [0.25, 0.3) is 0 Å². The highest BCUT2D eigenvalue weighted by molar-refractivity contribution is 6.31. The lowest BCUT2D eigenvalue weighted by Crippen LogP contribution is -2.10. The van der Waals surface area contributed by atoms with Crippen molar-refractivity contribution in [2.24, 2.45) is 5.73 Å². The number of hydrogen-bond donors (Lipinski definition) is 1. The molecule has 20 heavy (non-hydrogen) atoms. The number of rotatable bonds is 6. The maximum absolute atomic E-state index is 5.96. The first-order valence-electron chi connectivity index (χ1n) is 6.50. The van der Waals surface area contributed by atoms with Crippen molar-refractivity contribution in [3.8, 4) is 11.5 Å². The number of ether oxygens (including phenoxy) is 2. The molecule has 0 saturated heterocycles. The summed E-state index contributed by atoms with van der Waals surface area (Å²) in [4.78, 5) is 0.